The summed E-state index contributed by atoms with van der Waals surface area (Å²) in [5, 5.41) is 40.5. The molecule has 25 heteroatoms. The zero-order valence-electron chi connectivity index (χ0n) is 26.8. The van der Waals surface area contributed by atoms with E-state index < -0.39 is 54.1 Å². The lowest BCUT2D eigenvalue weighted by molar-refractivity contribution is -0.248. The van der Waals surface area contributed by atoms with Gasteiger partial charge in [-0.25, -0.2) is 28.7 Å². The molecule has 0 saturated carbocycles. The molecule has 2 atom stereocenters. The molecule has 6 rings (SSSR count). The number of aromatic amines is 2. The minimum atomic E-state index is -4.89. The zero-order chi connectivity index (χ0) is 39.2. The molecule has 0 spiro atoms. The number of anilines is 1. The van der Waals surface area contributed by atoms with Crippen molar-refractivity contribution in [3.63, 3.8) is 0 Å². The highest BCUT2D eigenvalue weighted by Gasteiger charge is 2.50. The highest BCUT2D eigenvalue weighted by atomic mass is 35.5. The SMILES string of the molecule is CC(O)(CN)C(F)(F)F.CC(O)(CNc1nc(-c2cc(-c3ccon3)n[nH]2)ncc1F)C(F)(F)F.Fc1cnc(-c2cc(-c3ccon3)n[nH]2)nc1Cl. The Morgan fingerprint density at radius 1 is 0.755 bits per heavy atom. The molecule has 0 fully saturated rings. The number of aromatic nitrogens is 10. The van der Waals surface area contributed by atoms with Crippen LogP contribution in [0.5, 0.6) is 0 Å². The van der Waals surface area contributed by atoms with Crippen molar-refractivity contribution in [3.05, 3.63) is 66.0 Å². The summed E-state index contributed by atoms with van der Waals surface area (Å²) in [4.78, 5) is 15.2. The number of halogens is 9. The molecule has 0 aliphatic carbocycles. The van der Waals surface area contributed by atoms with Gasteiger partial charge in [0.05, 0.1) is 18.9 Å². The van der Waals surface area contributed by atoms with Crippen molar-refractivity contribution in [1.29, 1.82) is 0 Å². The predicted octanol–water partition coefficient (Wildman–Crippen LogP) is 4.96. The fraction of sp³-hybridized carbons (Fsp3) is 0.286. The van der Waals surface area contributed by atoms with E-state index in [2.05, 4.69) is 61.7 Å². The molecule has 2 unspecified atom stereocenters. The van der Waals surface area contributed by atoms with E-state index in [0.717, 1.165) is 12.4 Å². The van der Waals surface area contributed by atoms with E-state index in [1.165, 1.54) is 18.6 Å². The number of hydrogen-bond donors (Lipinski definition) is 6. The second-order valence-corrected chi connectivity index (χ2v) is 11.3. The summed E-state index contributed by atoms with van der Waals surface area (Å²) >= 11 is 5.58. The lowest BCUT2D eigenvalue weighted by atomic mass is 10.1. The largest absolute Gasteiger partial charge is 0.418 e. The maximum atomic E-state index is 13.8. The summed E-state index contributed by atoms with van der Waals surface area (Å²) in [6.45, 7) is -0.598. The van der Waals surface area contributed by atoms with Crippen molar-refractivity contribution in [2.75, 3.05) is 18.4 Å². The quantitative estimate of drug-likeness (QED) is 0.0885. The Labute approximate surface area is 295 Å². The normalized spacial score (nSPS) is 13.9. The average molecular weight is 781 g/mol. The van der Waals surface area contributed by atoms with E-state index in [9.17, 15) is 40.2 Å². The first kappa shape index (κ1) is 40.2. The summed E-state index contributed by atoms with van der Waals surface area (Å²) in [6.07, 6.45) is -4.92. The van der Waals surface area contributed by atoms with Gasteiger partial charge in [0, 0.05) is 18.7 Å². The summed E-state index contributed by atoms with van der Waals surface area (Å²) < 4.78 is 109. The molecular formula is C28H25ClF8N12O4. The summed E-state index contributed by atoms with van der Waals surface area (Å²) in [7, 11) is 0. The molecule has 284 valence electrons. The van der Waals surface area contributed by atoms with Crippen LogP contribution in [-0.4, -0.2) is 97.5 Å². The monoisotopic (exact) mass is 780 g/mol. The number of hydrogen-bond acceptors (Lipinski definition) is 14. The van der Waals surface area contributed by atoms with Gasteiger partial charge in [0.1, 0.15) is 46.7 Å². The van der Waals surface area contributed by atoms with Gasteiger partial charge in [-0.1, -0.05) is 21.9 Å². The lowest BCUT2D eigenvalue weighted by Gasteiger charge is -2.26. The van der Waals surface area contributed by atoms with E-state index in [0.29, 0.717) is 42.3 Å². The van der Waals surface area contributed by atoms with Crippen molar-refractivity contribution in [2.24, 2.45) is 5.73 Å². The van der Waals surface area contributed by atoms with Crippen LogP contribution in [0.1, 0.15) is 13.8 Å². The average Bonchev–Trinajstić information content (AvgIpc) is 3.92. The molecule has 0 saturated heterocycles. The van der Waals surface area contributed by atoms with E-state index >= 15 is 0 Å². The minimum Gasteiger partial charge on any atom is -0.380 e. The van der Waals surface area contributed by atoms with Crippen LogP contribution >= 0.6 is 11.6 Å². The summed E-state index contributed by atoms with van der Waals surface area (Å²) in [5.74, 6) is -1.89. The van der Waals surface area contributed by atoms with Gasteiger partial charge in [0.25, 0.3) is 0 Å². The van der Waals surface area contributed by atoms with Crippen LogP contribution in [-0.2, 0) is 0 Å². The second kappa shape index (κ2) is 16.0. The van der Waals surface area contributed by atoms with Crippen LogP contribution in [0.4, 0.5) is 40.9 Å². The third-order valence-corrected chi connectivity index (χ3v) is 6.97. The molecule has 0 radical (unpaired) electrons. The van der Waals surface area contributed by atoms with Crippen molar-refractivity contribution < 1.29 is 54.4 Å². The topological polar surface area (TPSA) is 239 Å². The van der Waals surface area contributed by atoms with Crippen LogP contribution < -0.4 is 11.1 Å². The number of aliphatic hydroxyl groups is 2. The Morgan fingerprint density at radius 2 is 1.23 bits per heavy atom. The first-order valence-electron chi connectivity index (χ1n) is 14.4. The highest BCUT2D eigenvalue weighted by Crippen LogP contribution is 2.31. The number of nitrogens with two attached hydrogens (primary N) is 1. The maximum Gasteiger partial charge on any atom is 0.418 e. The standard InChI is InChI=1S/C14H12F4N6O2.C10H5ClFN5O.C4H8F3NO/c1-13(25,14(16,17)18)6-20-11-7(15)5-19-12(21-11)10-4-9(22-23-10)8-2-3-26-24-8;11-9-5(12)4-13-10(14-9)8-3-7(15-16-8)6-1-2-18-17-6;1-3(9,2-8)4(5,6)7/h2-5,25H,6H2,1H3,(H,22,23)(H,19,20,21);1-4H,(H,15,16);9H,2,8H2,1H3. The van der Waals surface area contributed by atoms with Gasteiger partial charge in [0.15, 0.2) is 45.5 Å². The molecule has 6 aromatic rings. The summed E-state index contributed by atoms with van der Waals surface area (Å²) in [6, 6.07) is 6.41. The van der Waals surface area contributed by atoms with Crippen LogP contribution in [0.3, 0.4) is 0 Å². The van der Waals surface area contributed by atoms with E-state index in [1.807, 2.05) is 0 Å². The van der Waals surface area contributed by atoms with Crippen LogP contribution in [0.25, 0.3) is 45.8 Å². The van der Waals surface area contributed by atoms with E-state index in [1.54, 1.807) is 18.2 Å². The van der Waals surface area contributed by atoms with Gasteiger partial charge in [-0.2, -0.15) is 36.5 Å². The Morgan fingerprint density at radius 3 is 1.62 bits per heavy atom. The smallest absolute Gasteiger partial charge is 0.380 e. The van der Waals surface area contributed by atoms with Crippen LogP contribution in [0, 0.1) is 11.6 Å². The fourth-order valence-electron chi connectivity index (χ4n) is 3.39. The molecule has 6 heterocycles. The molecule has 16 nitrogen and oxygen atoms in total. The van der Waals surface area contributed by atoms with Gasteiger partial charge in [0.2, 0.25) is 0 Å². The van der Waals surface area contributed by atoms with E-state index in [-0.39, 0.29) is 22.5 Å². The molecule has 0 amide bonds. The third kappa shape index (κ3) is 10.1. The Kier molecular flexibility index (Phi) is 12.1. The van der Waals surface area contributed by atoms with E-state index in [4.69, 9.17) is 25.8 Å². The maximum absolute atomic E-state index is 13.8. The second-order valence-electron chi connectivity index (χ2n) is 10.9. The first-order chi connectivity index (χ1) is 24.7. The lowest BCUT2D eigenvalue weighted by Crippen LogP contribution is -2.48. The van der Waals surface area contributed by atoms with Crippen molar-refractivity contribution in [3.8, 4) is 45.8 Å². The predicted molar refractivity (Wildman–Crippen MR) is 166 cm³/mol. The van der Waals surface area contributed by atoms with Crippen molar-refractivity contribution in [1.82, 2.24) is 50.6 Å². The molecule has 0 aromatic carbocycles. The van der Waals surface area contributed by atoms with Crippen molar-refractivity contribution in [2.45, 2.75) is 37.4 Å². The summed E-state index contributed by atoms with van der Waals surface area (Å²) in [5.41, 5.74) is 1.62. The minimum absolute atomic E-state index is 0.0113. The van der Waals surface area contributed by atoms with Gasteiger partial charge in [-0.05, 0) is 26.0 Å². The molecular weight excluding hydrogens is 756 g/mol. The molecule has 0 aliphatic rings. The van der Waals surface area contributed by atoms with Gasteiger partial charge in [-0.3, -0.25) is 10.2 Å². The number of nitrogens with one attached hydrogen (secondary N) is 3. The number of nitrogens with zero attached hydrogens (tertiary/aromatic N) is 8. The van der Waals surface area contributed by atoms with Gasteiger partial charge in [-0.15, -0.1) is 0 Å². The Balaban J connectivity index is 0.000000201. The molecule has 0 bridgehead atoms. The first-order valence-corrected chi connectivity index (χ1v) is 14.8. The number of rotatable bonds is 8. The van der Waals surface area contributed by atoms with Gasteiger partial charge < -0.3 is 30.3 Å². The van der Waals surface area contributed by atoms with Crippen molar-refractivity contribution >= 4 is 17.4 Å². The van der Waals surface area contributed by atoms with Crippen LogP contribution in [0.2, 0.25) is 5.15 Å². The fourth-order valence-corrected chi connectivity index (χ4v) is 3.52. The Hall–Kier alpha value is -5.59. The zero-order valence-corrected chi connectivity index (χ0v) is 27.6. The third-order valence-electron chi connectivity index (χ3n) is 6.70. The van der Waals surface area contributed by atoms with Crippen LogP contribution in [0.15, 0.2) is 58.2 Å². The number of H-pyrrole nitrogens is 2. The highest BCUT2D eigenvalue weighted by molar-refractivity contribution is 6.29. The molecule has 7 N–H and O–H groups in total. The molecule has 0 aliphatic heterocycles. The molecule has 53 heavy (non-hydrogen) atoms. The van der Waals surface area contributed by atoms with Gasteiger partial charge >= 0.3 is 12.4 Å². The molecule has 6 aromatic heterocycles. The number of alkyl halides is 6. The Bertz CT molecular complexity index is 2070.